The molecule has 7 nitrogen and oxygen atoms in total. The largest absolute Gasteiger partial charge is 0.369 e. The summed E-state index contributed by atoms with van der Waals surface area (Å²) in [5, 5.41) is 4.65. The van der Waals surface area contributed by atoms with Crippen LogP contribution in [0.4, 0.5) is 4.79 Å². The first kappa shape index (κ1) is 21.1. The van der Waals surface area contributed by atoms with E-state index in [1.807, 2.05) is 48.7 Å². The van der Waals surface area contributed by atoms with E-state index >= 15 is 0 Å². The van der Waals surface area contributed by atoms with Gasteiger partial charge in [-0.2, -0.15) is 0 Å². The third-order valence-electron chi connectivity index (χ3n) is 5.17. The normalized spacial score (nSPS) is 16.4. The summed E-state index contributed by atoms with van der Waals surface area (Å²) in [6.45, 7) is 1.85. The third kappa shape index (κ3) is 4.19. The van der Waals surface area contributed by atoms with E-state index in [0.717, 1.165) is 31.4 Å². The predicted molar refractivity (Wildman–Crippen MR) is 119 cm³/mol. The Morgan fingerprint density at radius 2 is 1.94 bits per heavy atom. The number of hydrogen-bond acceptors (Lipinski definition) is 5. The Kier molecular flexibility index (Phi) is 5.55. The van der Waals surface area contributed by atoms with Crippen LogP contribution in [0, 0.1) is 6.92 Å². The summed E-state index contributed by atoms with van der Waals surface area (Å²) in [7, 11) is -4.00. The molecule has 1 fully saturated rings. The fraction of sp³-hybridized carbons (Fsp3) is 0.182. The molecule has 1 atom stereocenters. The Balaban J connectivity index is 1.59. The lowest BCUT2D eigenvalue weighted by Crippen LogP contribution is -2.34. The molecule has 1 aliphatic heterocycles. The molecule has 4 rings (SSSR count). The zero-order valence-electron chi connectivity index (χ0n) is 16.7. The summed E-state index contributed by atoms with van der Waals surface area (Å²) in [6.07, 6.45) is 0.169. The first-order valence-electron chi connectivity index (χ1n) is 9.60. The lowest BCUT2D eigenvalue weighted by atomic mass is 10.0. The Bertz CT molecular complexity index is 1250. The maximum absolute atomic E-state index is 13.2. The monoisotopic (exact) mass is 455 g/mol. The van der Waals surface area contributed by atoms with Crippen molar-refractivity contribution in [2.75, 3.05) is 6.54 Å². The molecule has 9 heteroatoms. The van der Waals surface area contributed by atoms with E-state index in [0.29, 0.717) is 0 Å². The maximum Gasteiger partial charge on any atom is 0.331 e. The van der Waals surface area contributed by atoms with Crippen LogP contribution in [0.25, 0.3) is 11.1 Å². The van der Waals surface area contributed by atoms with Gasteiger partial charge in [-0.15, -0.1) is 11.3 Å². The van der Waals surface area contributed by atoms with Gasteiger partial charge in [0.1, 0.15) is 0 Å². The fourth-order valence-corrected chi connectivity index (χ4v) is 5.96. The molecule has 0 spiro atoms. The second-order valence-electron chi connectivity index (χ2n) is 7.37. The van der Waals surface area contributed by atoms with Crippen molar-refractivity contribution in [2.45, 2.75) is 24.3 Å². The van der Waals surface area contributed by atoms with Crippen molar-refractivity contribution >= 4 is 33.3 Å². The Morgan fingerprint density at radius 1 is 1.19 bits per heavy atom. The Hall–Kier alpha value is -3.17. The van der Waals surface area contributed by atoms with E-state index in [9.17, 15) is 18.0 Å². The van der Waals surface area contributed by atoms with Gasteiger partial charge in [0, 0.05) is 4.88 Å². The van der Waals surface area contributed by atoms with E-state index in [1.54, 1.807) is 12.1 Å². The first-order valence-corrected chi connectivity index (χ1v) is 11.9. The van der Waals surface area contributed by atoms with Crippen molar-refractivity contribution in [3.05, 3.63) is 76.0 Å². The zero-order valence-corrected chi connectivity index (χ0v) is 18.4. The lowest BCUT2D eigenvalue weighted by molar-refractivity contribution is -0.117. The first-order chi connectivity index (χ1) is 14.8. The summed E-state index contributed by atoms with van der Waals surface area (Å²) >= 11 is 1.43. The number of rotatable bonds is 6. The van der Waals surface area contributed by atoms with Crippen LogP contribution >= 0.6 is 11.3 Å². The minimum Gasteiger partial charge on any atom is -0.369 e. The molecule has 0 saturated carbocycles. The highest BCUT2D eigenvalue weighted by Gasteiger charge is 2.38. The summed E-state index contributed by atoms with van der Waals surface area (Å²) in [6, 6.07) is 14.9. The number of benzene rings is 2. The zero-order chi connectivity index (χ0) is 22.2. The Labute approximate surface area is 184 Å². The van der Waals surface area contributed by atoms with Gasteiger partial charge >= 0.3 is 6.03 Å². The molecule has 0 radical (unpaired) electrons. The van der Waals surface area contributed by atoms with Gasteiger partial charge in [-0.25, -0.2) is 17.5 Å². The quantitative estimate of drug-likeness (QED) is 0.595. The van der Waals surface area contributed by atoms with Crippen molar-refractivity contribution in [1.29, 1.82) is 0 Å². The van der Waals surface area contributed by atoms with Crippen LogP contribution in [-0.2, 0) is 21.2 Å². The van der Waals surface area contributed by atoms with E-state index in [2.05, 4.69) is 5.32 Å². The highest BCUT2D eigenvalue weighted by atomic mass is 32.2. The minimum absolute atomic E-state index is 0.0347. The van der Waals surface area contributed by atoms with Crippen molar-refractivity contribution in [3.63, 3.8) is 0 Å². The minimum atomic E-state index is -4.00. The van der Waals surface area contributed by atoms with Crippen LogP contribution in [0.5, 0.6) is 0 Å². The summed E-state index contributed by atoms with van der Waals surface area (Å²) < 4.78 is 27.2. The van der Waals surface area contributed by atoms with E-state index < -0.39 is 28.0 Å². The number of sulfonamides is 1. The second kappa shape index (κ2) is 8.16. The molecule has 0 bridgehead atoms. The average molecular weight is 456 g/mol. The number of nitrogens with two attached hydrogens (primary N) is 1. The highest BCUT2D eigenvalue weighted by Crippen LogP contribution is 2.32. The summed E-state index contributed by atoms with van der Waals surface area (Å²) in [4.78, 5) is 24.5. The van der Waals surface area contributed by atoms with Crippen LogP contribution < -0.4 is 11.1 Å². The van der Waals surface area contributed by atoms with Crippen molar-refractivity contribution < 1.29 is 18.0 Å². The molecule has 3 N–H and O–H groups in total. The van der Waals surface area contributed by atoms with Crippen LogP contribution in [0.3, 0.4) is 0 Å². The van der Waals surface area contributed by atoms with Crippen molar-refractivity contribution in [2.24, 2.45) is 5.73 Å². The van der Waals surface area contributed by atoms with Crippen molar-refractivity contribution in [1.82, 2.24) is 9.62 Å². The number of primary amides is 1. The molecule has 2 heterocycles. The SMILES string of the molecule is Cc1cc(S(=O)(=O)N2C[C@H](c3ccccc3)NC2=O)ccc1-c1csc(CC(N)=O)c1. The van der Waals surface area contributed by atoms with Gasteiger partial charge < -0.3 is 11.1 Å². The van der Waals surface area contributed by atoms with Crippen molar-refractivity contribution in [3.8, 4) is 11.1 Å². The predicted octanol–water partition coefficient (Wildman–Crippen LogP) is 3.21. The molecule has 2 aromatic carbocycles. The molecular weight excluding hydrogens is 434 g/mol. The van der Waals surface area contributed by atoms with Crippen LogP contribution in [-0.4, -0.2) is 31.2 Å². The molecule has 3 amide bonds. The Morgan fingerprint density at radius 3 is 2.61 bits per heavy atom. The highest BCUT2D eigenvalue weighted by molar-refractivity contribution is 7.89. The van der Waals surface area contributed by atoms with Gasteiger partial charge in [-0.05, 0) is 52.8 Å². The number of thiophene rings is 1. The van der Waals surface area contributed by atoms with Gasteiger partial charge in [-0.1, -0.05) is 36.4 Å². The van der Waals surface area contributed by atoms with Crippen LogP contribution in [0.1, 0.15) is 22.0 Å². The van der Waals surface area contributed by atoms with E-state index in [1.165, 1.54) is 17.4 Å². The third-order valence-corrected chi connectivity index (χ3v) is 7.86. The summed E-state index contributed by atoms with van der Waals surface area (Å²) in [5.74, 6) is -0.399. The second-order valence-corrected chi connectivity index (χ2v) is 10.2. The molecule has 3 aromatic rings. The number of nitrogens with zero attached hydrogens (tertiary/aromatic N) is 1. The van der Waals surface area contributed by atoms with Gasteiger partial charge in [0.15, 0.2) is 0 Å². The molecule has 31 heavy (non-hydrogen) atoms. The van der Waals surface area contributed by atoms with Gasteiger partial charge in [0.2, 0.25) is 5.91 Å². The number of urea groups is 1. The van der Waals surface area contributed by atoms with Gasteiger partial charge in [-0.3, -0.25) is 4.79 Å². The molecule has 1 aliphatic rings. The average Bonchev–Trinajstić information content (AvgIpc) is 3.35. The number of nitrogens with one attached hydrogen (secondary N) is 1. The van der Waals surface area contributed by atoms with Gasteiger partial charge in [0.25, 0.3) is 10.0 Å². The molecule has 1 aromatic heterocycles. The fourth-order valence-electron chi connectivity index (χ4n) is 3.63. The van der Waals surface area contributed by atoms with Gasteiger partial charge in [0.05, 0.1) is 23.9 Å². The molecular formula is C22H21N3O4S2. The summed E-state index contributed by atoms with van der Waals surface area (Å²) in [5.41, 5.74) is 8.61. The van der Waals surface area contributed by atoms with Crippen LogP contribution in [0.15, 0.2) is 64.9 Å². The van der Waals surface area contributed by atoms with Crippen LogP contribution in [0.2, 0.25) is 0 Å². The number of hydrogen-bond donors (Lipinski definition) is 2. The number of amides is 3. The molecule has 0 unspecified atom stereocenters. The molecule has 1 saturated heterocycles. The number of carbonyl (C=O) groups is 2. The van der Waals surface area contributed by atoms with E-state index in [4.69, 9.17) is 5.73 Å². The molecule has 160 valence electrons. The van der Waals surface area contributed by atoms with E-state index in [-0.39, 0.29) is 17.9 Å². The lowest BCUT2D eigenvalue weighted by Gasteiger charge is -2.16. The number of carbonyl (C=O) groups excluding carboxylic acids is 2. The maximum atomic E-state index is 13.2. The number of aryl methyl sites for hydroxylation is 1. The smallest absolute Gasteiger partial charge is 0.331 e. The molecule has 0 aliphatic carbocycles. The standard InChI is InChI=1S/C22H21N3O4S2/c1-14-9-18(7-8-19(14)16-10-17(30-13-16)11-21(23)26)31(28,29)25-12-20(24-22(25)27)15-5-3-2-4-6-15/h2-10,13,20H,11-12H2,1H3,(H2,23,26)(H,24,27)/t20-/m1/s1. The topological polar surface area (TPSA) is 110 Å².